The molecular formula is C42H70N14O11. The first-order chi connectivity index (χ1) is 31.6. The Morgan fingerprint density at radius 3 is 1.78 bits per heavy atom. The molecular weight excluding hydrogens is 877 g/mol. The van der Waals surface area contributed by atoms with Gasteiger partial charge in [-0.1, -0.05) is 50.6 Å². The molecule has 1 heterocycles. The fraction of sp³-hybridized carbons (Fsp3) is 0.619. The number of aliphatic hydroxyl groups is 2. The van der Waals surface area contributed by atoms with Crippen molar-refractivity contribution in [2.75, 3.05) is 26.2 Å². The zero-order valence-electron chi connectivity index (χ0n) is 38.5. The second-order valence-corrected chi connectivity index (χ2v) is 16.4. The van der Waals surface area contributed by atoms with Crippen LogP contribution in [0.15, 0.2) is 40.3 Å². The van der Waals surface area contributed by atoms with Crippen LogP contribution in [0, 0.1) is 5.92 Å². The minimum absolute atomic E-state index is 0.0111. The molecule has 25 heteroatoms. The van der Waals surface area contributed by atoms with Crippen LogP contribution in [-0.2, 0) is 44.8 Å². The number of rotatable bonds is 28. The normalized spacial score (nSPS) is 17.3. The van der Waals surface area contributed by atoms with Crippen LogP contribution in [0.5, 0.6) is 0 Å². The summed E-state index contributed by atoms with van der Waals surface area (Å²) in [6, 6.07) is -2.22. The van der Waals surface area contributed by atoms with E-state index < -0.39 is 108 Å². The fourth-order valence-corrected chi connectivity index (χ4v) is 6.92. The average Bonchev–Trinajstić information content (AvgIpc) is 3.79. The van der Waals surface area contributed by atoms with E-state index in [4.69, 9.17) is 28.7 Å². The molecule has 1 aliphatic rings. The number of benzene rings is 1. The molecule has 1 aromatic rings. The van der Waals surface area contributed by atoms with Gasteiger partial charge in [0.25, 0.3) is 0 Å². The van der Waals surface area contributed by atoms with Crippen LogP contribution in [-0.4, -0.2) is 160 Å². The number of hydrogen-bond acceptors (Lipinski definition) is 13. The third-order valence-corrected chi connectivity index (χ3v) is 11.1. The van der Waals surface area contributed by atoms with E-state index in [-0.39, 0.29) is 76.0 Å². The molecule has 0 unspecified atom stereocenters. The SMILES string of the molecule is CC[C@H](C)[C@H](N)C(=O)N[C@H](C(=O)N[C@@H](Cc1ccccc1)C(=O)N[C@@H](CCCN=C(N)N)C(=O)N[C@@H](CO)C(=O)N[C@@H](C)C(=O)N[C@@H](CCCN=C(N)N)C(=O)N1CCC[C@H]1C(=O)O)[C@@H](C)O. The van der Waals surface area contributed by atoms with Gasteiger partial charge in [-0.2, -0.15) is 0 Å². The van der Waals surface area contributed by atoms with Gasteiger partial charge in [-0.15, -0.1) is 0 Å². The molecule has 67 heavy (non-hydrogen) atoms. The van der Waals surface area contributed by atoms with Crippen molar-refractivity contribution in [2.45, 2.75) is 134 Å². The number of aliphatic carboxylic acids is 1. The van der Waals surface area contributed by atoms with Gasteiger partial charge < -0.3 is 80.8 Å². The molecule has 1 aliphatic heterocycles. The third kappa shape index (κ3) is 19.0. The van der Waals surface area contributed by atoms with Gasteiger partial charge >= 0.3 is 5.97 Å². The van der Waals surface area contributed by atoms with E-state index in [1.165, 1.54) is 13.8 Å². The number of nitrogens with one attached hydrogen (secondary N) is 6. The summed E-state index contributed by atoms with van der Waals surface area (Å²) in [5.41, 5.74) is 28.4. The highest BCUT2D eigenvalue weighted by atomic mass is 16.4. The molecule has 19 N–H and O–H groups in total. The highest BCUT2D eigenvalue weighted by Gasteiger charge is 2.39. The number of guanidine groups is 2. The maximum atomic E-state index is 14.1. The van der Waals surface area contributed by atoms with Crippen LogP contribution in [0.25, 0.3) is 0 Å². The first-order valence-corrected chi connectivity index (χ1v) is 22.2. The van der Waals surface area contributed by atoms with Crippen molar-refractivity contribution in [1.29, 1.82) is 0 Å². The van der Waals surface area contributed by atoms with Crippen molar-refractivity contribution < 1.29 is 53.7 Å². The Bertz CT molecular complexity index is 1900. The molecule has 0 radical (unpaired) electrons. The fourth-order valence-electron chi connectivity index (χ4n) is 6.92. The summed E-state index contributed by atoms with van der Waals surface area (Å²) in [5.74, 6) is -7.89. The average molecular weight is 947 g/mol. The zero-order chi connectivity index (χ0) is 50.4. The first-order valence-electron chi connectivity index (χ1n) is 22.2. The summed E-state index contributed by atoms with van der Waals surface area (Å²) in [5, 5.41) is 45.3. The second-order valence-electron chi connectivity index (χ2n) is 16.4. The van der Waals surface area contributed by atoms with Gasteiger partial charge in [0.15, 0.2) is 11.9 Å². The number of amides is 7. The Morgan fingerprint density at radius 2 is 1.24 bits per heavy atom. The van der Waals surface area contributed by atoms with E-state index in [1.807, 2.05) is 6.92 Å². The largest absolute Gasteiger partial charge is 0.480 e. The Kier molecular flexibility index (Phi) is 24.0. The molecule has 0 aliphatic carbocycles. The quantitative estimate of drug-likeness (QED) is 0.0213. The van der Waals surface area contributed by atoms with Crippen molar-refractivity contribution >= 4 is 59.2 Å². The maximum Gasteiger partial charge on any atom is 0.326 e. The van der Waals surface area contributed by atoms with Crippen molar-refractivity contribution in [3.63, 3.8) is 0 Å². The van der Waals surface area contributed by atoms with Gasteiger partial charge in [-0.05, 0) is 63.9 Å². The summed E-state index contributed by atoms with van der Waals surface area (Å²) in [6.07, 6.45) is -0.105. The summed E-state index contributed by atoms with van der Waals surface area (Å²) >= 11 is 0. The standard InChI is InChI=1S/C42H70N14O11/c1-5-22(2)31(43)37(63)55-32(24(4)58)38(64)53-28(20-25-12-7-6-8-13-25)35(61)51-26(14-9-17-48-41(44)45)34(60)54-29(21-57)36(62)50-23(3)33(59)52-27(15-10-18-49-42(46)47)39(65)56-19-11-16-30(56)40(66)67/h6-8,12-13,22-24,26-32,57-58H,5,9-11,14-21,43H2,1-4H3,(H,50,62)(H,51,61)(H,52,59)(H,53,64)(H,54,60)(H,55,63)(H,66,67)(H4,44,45,48)(H4,46,47,49)/t22-,23-,24+,26-,27-,28-,29-,30-,31-,32-/m0/s1. The van der Waals surface area contributed by atoms with Crippen molar-refractivity contribution in [3.05, 3.63) is 35.9 Å². The predicted octanol–water partition coefficient (Wildman–Crippen LogP) is -4.91. The number of nitrogens with two attached hydrogens (primary N) is 5. The van der Waals surface area contributed by atoms with Crippen LogP contribution in [0.3, 0.4) is 0 Å². The van der Waals surface area contributed by atoms with Crippen LogP contribution in [0.1, 0.15) is 78.2 Å². The van der Waals surface area contributed by atoms with Gasteiger partial charge in [0.05, 0.1) is 18.8 Å². The number of carbonyl (C=O) groups is 8. The molecule has 0 aromatic heterocycles. The molecule has 1 fully saturated rings. The minimum atomic E-state index is -1.69. The molecule has 0 saturated carbocycles. The second kappa shape index (κ2) is 28.4. The molecule has 10 atom stereocenters. The smallest absolute Gasteiger partial charge is 0.326 e. The first kappa shape index (κ1) is 56.5. The number of likely N-dealkylation sites (tertiary alicyclic amines) is 1. The Morgan fingerprint density at radius 1 is 0.716 bits per heavy atom. The maximum absolute atomic E-state index is 14.1. The lowest BCUT2D eigenvalue weighted by Crippen LogP contribution is -2.61. The minimum Gasteiger partial charge on any atom is -0.480 e. The van der Waals surface area contributed by atoms with Gasteiger partial charge in [0, 0.05) is 26.1 Å². The number of carboxylic acid groups (broad SMARTS) is 1. The summed E-state index contributed by atoms with van der Waals surface area (Å²) < 4.78 is 0. The predicted molar refractivity (Wildman–Crippen MR) is 246 cm³/mol. The van der Waals surface area contributed by atoms with E-state index in [2.05, 4.69) is 41.9 Å². The number of aliphatic hydroxyl groups excluding tert-OH is 2. The molecule has 0 bridgehead atoms. The van der Waals surface area contributed by atoms with Crippen molar-refractivity contribution in [1.82, 2.24) is 36.8 Å². The molecule has 1 saturated heterocycles. The summed E-state index contributed by atoms with van der Waals surface area (Å²) in [7, 11) is 0. The van der Waals surface area contributed by atoms with Gasteiger partial charge in [0.2, 0.25) is 41.4 Å². The van der Waals surface area contributed by atoms with Gasteiger partial charge in [0.1, 0.15) is 42.3 Å². The topological polar surface area (TPSA) is 427 Å². The molecule has 2 rings (SSSR count). The molecule has 25 nitrogen and oxygen atoms in total. The number of carbonyl (C=O) groups excluding carboxylic acids is 7. The van der Waals surface area contributed by atoms with Crippen molar-refractivity contribution in [2.24, 2.45) is 44.6 Å². The van der Waals surface area contributed by atoms with Crippen LogP contribution in [0.4, 0.5) is 0 Å². The number of nitrogens with zero attached hydrogens (tertiary/aromatic N) is 3. The highest BCUT2D eigenvalue weighted by Crippen LogP contribution is 2.20. The van der Waals surface area contributed by atoms with Crippen LogP contribution < -0.4 is 60.6 Å². The zero-order valence-corrected chi connectivity index (χ0v) is 38.5. The number of hydrogen-bond donors (Lipinski definition) is 14. The molecule has 1 aromatic carbocycles. The molecule has 7 amide bonds. The van der Waals surface area contributed by atoms with Crippen LogP contribution in [0.2, 0.25) is 0 Å². The van der Waals surface area contributed by atoms with E-state index >= 15 is 0 Å². The highest BCUT2D eigenvalue weighted by molar-refractivity contribution is 5.97. The lowest BCUT2D eigenvalue weighted by Gasteiger charge is -2.29. The number of carboxylic acids is 1. The molecule has 374 valence electrons. The van der Waals surface area contributed by atoms with Crippen LogP contribution >= 0.6 is 0 Å². The van der Waals surface area contributed by atoms with E-state index in [0.717, 1.165) is 4.90 Å². The monoisotopic (exact) mass is 947 g/mol. The van der Waals surface area contributed by atoms with E-state index in [9.17, 15) is 53.7 Å². The molecule has 0 spiro atoms. The Balaban J connectivity index is 2.32. The van der Waals surface area contributed by atoms with E-state index in [0.29, 0.717) is 18.4 Å². The Labute approximate surface area is 389 Å². The van der Waals surface area contributed by atoms with E-state index in [1.54, 1.807) is 37.3 Å². The summed E-state index contributed by atoms with van der Waals surface area (Å²) in [4.78, 5) is 116. The van der Waals surface area contributed by atoms with Crippen molar-refractivity contribution in [3.8, 4) is 0 Å². The summed E-state index contributed by atoms with van der Waals surface area (Å²) in [6.45, 7) is 5.43. The third-order valence-electron chi connectivity index (χ3n) is 11.1. The van der Waals surface area contributed by atoms with Gasteiger partial charge in [-0.3, -0.25) is 43.5 Å². The lowest BCUT2D eigenvalue weighted by molar-refractivity contribution is -0.149. The number of aliphatic imine (C=N–C) groups is 2. The lowest BCUT2D eigenvalue weighted by atomic mass is 9.98. The van der Waals surface area contributed by atoms with Gasteiger partial charge in [-0.25, -0.2) is 4.79 Å². The Hall–Kier alpha value is -6.60.